The molecule has 0 spiro atoms. The van der Waals surface area contributed by atoms with E-state index in [0.717, 1.165) is 38.4 Å². The van der Waals surface area contributed by atoms with Gasteiger partial charge in [0.2, 0.25) is 0 Å². The van der Waals surface area contributed by atoms with E-state index in [4.69, 9.17) is 9.47 Å². The minimum absolute atomic E-state index is 0.157. The lowest BCUT2D eigenvalue weighted by Gasteiger charge is -2.43. The SMILES string of the molecule is CCOC1(C(NC)c2ccc(C)nc2)CCOCC1. The molecule has 0 aromatic carbocycles. The van der Waals surface area contributed by atoms with Crippen LogP contribution in [0.15, 0.2) is 18.3 Å². The Hall–Kier alpha value is -0.970. The monoisotopic (exact) mass is 264 g/mol. The highest BCUT2D eigenvalue weighted by molar-refractivity contribution is 5.21. The van der Waals surface area contributed by atoms with Crippen molar-refractivity contribution in [1.29, 1.82) is 0 Å². The third-order valence-corrected chi connectivity index (χ3v) is 3.85. The summed E-state index contributed by atoms with van der Waals surface area (Å²) in [6.07, 6.45) is 3.78. The van der Waals surface area contributed by atoms with Gasteiger partial charge >= 0.3 is 0 Å². The van der Waals surface area contributed by atoms with Crippen molar-refractivity contribution in [2.75, 3.05) is 26.9 Å². The van der Waals surface area contributed by atoms with Crippen LogP contribution in [0.2, 0.25) is 0 Å². The maximum atomic E-state index is 6.14. The van der Waals surface area contributed by atoms with Gasteiger partial charge in [-0.1, -0.05) is 6.07 Å². The molecule has 0 bridgehead atoms. The maximum Gasteiger partial charge on any atom is 0.0920 e. The Morgan fingerprint density at radius 3 is 2.68 bits per heavy atom. The van der Waals surface area contributed by atoms with Gasteiger partial charge < -0.3 is 14.8 Å². The van der Waals surface area contributed by atoms with E-state index in [1.165, 1.54) is 5.56 Å². The van der Waals surface area contributed by atoms with Crippen molar-refractivity contribution in [3.63, 3.8) is 0 Å². The summed E-state index contributed by atoms with van der Waals surface area (Å²) in [5.74, 6) is 0. The van der Waals surface area contributed by atoms with Gasteiger partial charge in [-0.05, 0) is 32.5 Å². The molecular weight excluding hydrogens is 240 g/mol. The van der Waals surface area contributed by atoms with Crippen molar-refractivity contribution in [3.05, 3.63) is 29.6 Å². The quantitative estimate of drug-likeness (QED) is 0.885. The number of pyridine rings is 1. The zero-order valence-electron chi connectivity index (χ0n) is 12.1. The van der Waals surface area contributed by atoms with Crippen molar-refractivity contribution in [3.8, 4) is 0 Å². The summed E-state index contributed by atoms with van der Waals surface area (Å²) < 4.78 is 11.6. The molecule has 1 N–H and O–H groups in total. The van der Waals surface area contributed by atoms with E-state index < -0.39 is 0 Å². The van der Waals surface area contributed by atoms with Crippen molar-refractivity contribution < 1.29 is 9.47 Å². The van der Waals surface area contributed by atoms with Crippen LogP contribution < -0.4 is 5.32 Å². The van der Waals surface area contributed by atoms with Crippen LogP contribution in [-0.4, -0.2) is 37.5 Å². The normalized spacial score (nSPS) is 20.2. The number of ether oxygens (including phenoxy) is 2. The molecule has 1 aromatic heterocycles. The summed E-state index contributed by atoms with van der Waals surface area (Å²) in [6, 6.07) is 4.35. The van der Waals surface area contributed by atoms with Crippen LogP contribution >= 0.6 is 0 Å². The van der Waals surface area contributed by atoms with Crippen molar-refractivity contribution in [1.82, 2.24) is 10.3 Å². The Bertz CT molecular complexity index is 380. The van der Waals surface area contributed by atoms with Gasteiger partial charge in [-0.2, -0.15) is 0 Å². The predicted octanol–water partition coefficient (Wildman–Crippen LogP) is 2.24. The van der Waals surface area contributed by atoms with Crippen LogP contribution in [0.4, 0.5) is 0 Å². The molecule has 1 aliphatic heterocycles. The number of hydrogen-bond donors (Lipinski definition) is 1. The fourth-order valence-corrected chi connectivity index (χ4v) is 2.90. The molecule has 0 saturated carbocycles. The first kappa shape index (κ1) is 14.4. The van der Waals surface area contributed by atoms with E-state index in [9.17, 15) is 0 Å². The minimum Gasteiger partial charge on any atom is -0.381 e. The molecule has 106 valence electrons. The van der Waals surface area contributed by atoms with E-state index in [1.54, 1.807) is 0 Å². The standard InChI is InChI=1S/C15H24N2O2/c1-4-19-15(7-9-18-10-8-15)14(16-3)13-6-5-12(2)17-11-13/h5-6,11,14,16H,4,7-10H2,1-3H3. The smallest absolute Gasteiger partial charge is 0.0920 e. The molecule has 1 fully saturated rings. The number of hydrogen-bond acceptors (Lipinski definition) is 4. The zero-order chi connectivity index (χ0) is 13.7. The fraction of sp³-hybridized carbons (Fsp3) is 0.667. The lowest BCUT2D eigenvalue weighted by molar-refractivity contribution is -0.127. The van der Waals surface area contributed by atoms with Crippen LogP contribution in [0.3, 0.4) is 0 Å². The second-order valence-electron chi connectivity index (χ2n) is 5.06. The molecule has 4 heteroatoms. The van der Waals surface area contributed by atoms with Gasteiger partial charge in [0, 0.05) is 44.6 Å². The Balaban J connectivity index is 2.28. The molecule has 2 heterocycles. The van der Waals surface area contributed by atoms with Gasteiger partial charge in [-0.3, -0.25) is 4.98 Å². The first-order valence-electron chi connectivity index (χ1n) is 7.03. The highest BCUT2D eigenvalue weighted by Crippen LogP contribution is 2.37. The van der Waals surface area contributed by atoms with Crippen molar-refractivity contribution in [2.45, 2.75) is 38.3 Å². The Morgan fingerprint density at radius 2 is 2.16 bits per heavy atom. The van der Waals surface area contributed by atoms with E-state index >= 15 is 0 Å². The maximum absolute atomic E-state index is 6.14. The summed E-state index contributed by atoms with van der Waals surface area (Å²) in [5, 5.41) is 3.41. The summed E-state index contributed by atoms with van der Waals surface area (Å²) >= 11 is 0. The molecule has 1 unspecified atom stereocenters. The Morgan fingerprint density at radius 1 is 1.42 bits per heavy atom. The molecule has 0 aliphatic carbocycles. The summed E-state index contributed by atoms with van der Waals surface area (Å²) in [7, 11) is 1.99. The lowest BCUT2D eigenvalue weighted by Crippen LogP contribution is -2.49. The van der Waals surface area contributed by atoms with Gasteiger partial charge in [0.05, 0.1) is 11.6 Å². The molecule has 0 radical (unpaired) electrons. The van der Waals surface area contributed by atoms with E-state index in [2.05, 4.69) is 29.4 Å². The van der Waals surface area contributed by atoms with Gasteiger partial charge in [0.1, 0.15) is 0 Å². The zero-order valence-corrected chi connectivity index (χ0v) is 12.1. The molecule has 4 nitrogen and oxygen atoms in total. The molecule has 1 aliphatic rings. The van der Waals surface area contributed by atoms with Crippen LogP contribution in [0.25, 0.3) is 0 Å². The van der Waals surface area contributed by atoms with Crippen LogP contribution in [0, 0.1) is 6.92 Å². The van der Waals surface area contributed by atoms with Gasteiger partial charge in [-0.25, -0.2) is 0 Å². The van der Waals surface area contributed by atoms with E-state index in [-0.39, 0.29) is 11.6 Å². The highest BCUT2D eigenvalue weighted by atomic mass is 16.5. The minimum atomic E-state index is -0.182. The van der Waals surface area contributed by atoms with E-state index in [0.29, 0.717) is 0 Å². The van der Waals surface area contributed by atoms with Gasteiger partial charge in [-0.15, -0.1) is 0 Å². The first-order chi connectivity index (χ1) is 9.22. The molecule has 2 rings (SSSR count). The lowest BCUT2D eigenvalue weighted by atomic mass is 9.82. The average molecular weight is 264 g/mol. The van der Waals surface area contributed by atoms with Gasteiger partial charge in [0.25, 0.3) is 0 Å². The third-order valence-electron chi connectivity index (χ3n) is 3.85. The number of nitrogens with one attached hydrogen (secondary N) is 1. The van der Waals surface area contributed by atoms with Crippen LogP contribution in [0.1, 0.15) is 37.1 Å². The number of nitrogens with zero attached hydrogens (tertiary/aromatic N) is 1. The number of likely N-dealkylation sites (N-methyl/N-ethyl adjacent to an activating group) is 1. The van der Waals surface area contributed by atoms with Gasteiger partial charge in [0.15, 0.2) is 0 Å². The second kappa shape index (κ2) is 6.46. The number of aryl methyl sites for hydroxylation is 1. The molecule has 0 amide bonds. The Labute approximate surface area is 115 Å². The first-order valence-corrected chi connectivity index (χ1v) is 7.03. The largest absolute Gasteiger partial charge is 0.381 e. The molecule has 1 saturated heterocycles. The summed E-state index contributed by atoms with van der Waals surface area (Å²) in [4.78, 5) is 4.41. The van der Waals surface area contributed by atoms with Crippen LogP contribution in [0.5, 0.6) is 0 Å². The van der Waals surface area contributed by atoms with Crippen molar-refractivity contribution in [2.24, 2.45) is 0 Å². The van der Waals surface area contributed by atoms with Crippen molar-refractivity contribution >= 4 is 0 Å². The summed E-state index contributed by atoms with van der Waals surface area (Å²) in [5.41, 5.74) is 2.04. The van der Waals surface area contributed by atoms with Crippen LogP contribution in [-0.2, 0) is 9.47 Å². The topological polar surface area (TPSA) is 43.4 Å². The predicted molar refractivity (Wildman–Crippen MR) is 75.2 cm³/mol. The third kappa shape index (κ3) is 3.14. The molecule has 1 aromatic rings. The average Bonchev–Trinajstić information content (AvgIpc) is 2.43. The molecule has 1 atom stereocenters. The Kier molecular flexibility index (Phi) is 4.91. The molecule has 19 heavy (non-hydrogen) atoms. The summed E-state index contributed by atoms with van der Waals surface area (Å²) in [6.45, 7) is 6.30. The number of aromatic nitrogens is 1. The molecular formula is C15H24N2O2. The van der Waals surface area contributed by atoms with E-state index in [1.807, 2.05) is 20.2 Å². The second-order valence-corrected chi connectivity index (χ2v) is 5.06. The fourth-order valence-electron chi connectivity index (χ4n) is 2.90. The highest BCUT2D eigenvalue weighted by Gasteiger charge is 2.41. The number of rotatable bonds is 5.